The van der Waals surface area contributed by atoms with Gasteiger partial charge in [0.1, 0.15) is 15.3 Å². The Labute approximate surface area is 165 Å². The van der Waals surface area contributed by atoms with Crippen LogP contribution in [0.1, 0.15) is 36.1 Å². The van der Waals surface area contributed by atoms with Gasteiger partial charge in [0.05, 0.1) is 11.4 Å². The molecule has 0 bridgehead atoms. The zero-order chi connectivity index (χ0) is 19.8. The molecule has 0 radical (unpaired) electrons. The highest BCUT2D eigenvalue weighted by Crippen LogP contribution is 2.31. The molecule has 0 unspecified atom stereocenters. The molecule has 0 saturated heterocycles. The van der Waals surface area contributed by atoms with Crippen molar-refractivity contribution in [2.75, 3.05) is 6.61 Å². The third-order valence-corrected chi connectivity index (χ3v) is 4.87. The van der Waals surface area contributed by atoms with Crippen molar-refractivity contribution in [2.45, 2.75) is 33.3 Å². The van der Waals surface area contributed by atoms with E-state index in [0.717, 1.165) is 21.6 Å². The Kier molecular flexibility index (Phi) is 5.26. The average molecular weight is 407 g/mol. The maximum atomic E-state index is 12.3. The number of esters is 2. The molecule has 0 spiro atoms. The molecule has 142 valence electrons. The van der Waals surface area contributed by atoms with E-state index in [0.29, 0.717) is 9.90 Å². The van der Waals surface area contributed by atoms with Crippen molar-refractivity contribution in [3.05, 3.63) is 45.9 Å². The van der Waals surface area contributed by atoms with Gasteiger partial charge in [0.2, 0.25) is 0 Å². The first-order valence-corrected chi connectivity index (χ1v) is 9.47. The van der Waals surface area contributed by atoms with E-state index in [4.69, 9.17) is 21.1 Å². The normalized spacial score (nSPS) is 11.6. The standard InChI is InChI=1S/C19H19ClN2O4S/c1-11-14-9-15(18(24)25-10-16(23)26-19(2,3)4)27-17(14)22(21-11)13-7-5-6-12(20)8-13/h5-9H,10H2,1-4H3. The Morgan fingerprint density at radius 3 is 2.67 bits per heavy atom. The lowest BCUT2D eigenvalue weighted by molar-refractivity contribution is -0.158. The van der Waals surface area contributed by atoms with Crippen LogP contribution in [0.2, 0.25) is 5.02 Å². The maximum absolute atomic E-state index is 12.3. The van der Waals surface area contributed by atoms with Crippen LogP contribution in [0.15, 0.2) is 30.3 Å². The van der Waals surface area contributed by atoms with E-state index in [2.05, 4.69) is 5.10 Å². The number of hydrogen-bond acceptors (Lipinski definition) is 6. The Bertz CT molecular complexity index is 1020. The molecule has 0 aliphatic carbocycles. The van der Waals surface area contributed by atoms with Gasteiger partial charge in [-0.1, -0.05) is 17.7 Å². The molecule has 3 aromatic rings. The number of fused-ring (bicyclic) bond motifs is 1. The molecule has 0 amide bonds. The molecule has 2 heterocycles. The Balaban J connectivity index is 1.82. The van der Waals surface area contributed by atoms with Gasteiger partial charge in [-0.25, -0.2) is 14.3 Å². The Hall–Kier alpha value is -2.38. The zero-order valence-electron chi connectivity index (χ0n) is 15.4. The number of ether oxygens (including phenoxy) is 2. The minimum atomic E-state index is -0.626. The molecule has 0 aliphatic rings. The summed E-state index contributed by atoms with van der Waals surface area (Å²) in [4.78, 5) is 25.2. The lowest BCUT2D eigenvalue weighted by Gasteiger charge is -2.19. The third-order valence-electron chi connectivity index (χ3n) is 3.54. The summed E-state index contributed by atoms with van der Waals surface area (Å²) in [5, 5.41) is 5.97. The number of benzene rings is 1. The molecule has 0 N–H and O–H groups in total. The van der Waals surface area contributed by atoms with Gasteiger partial charge in [0.25, 0.3) is 0 Å². The summed E-state index contributed by atoms with van der Waals surface area (Å²) in [6.45, 7) is 6.70. The predicted octanol–water partition coefficient (Wildman–Crippen LogP) is 4.55. The van der Waals surface area contributed by atoms with Gasteiger partial charge in [-0.15, -0.1) is 11.3 Å². The molecule has 8 heteroatoms. The largest absolute Gasteiger partial charge is 0.457 e. The molecule has 0 atom stereocenters. The van der Waals surface area contributed by atoms with E-state index in [1.54, 1.807) is 43.7 Å². The fourth-order valence-corrected chi connectivity index (χ4v) is 3.76. The summed E-state index contributed by atoms with van der Waals surface area (Å²) in [6, 6.07) is 9.03. The molecule has 0 aliphatic heterocycles. The van der Waals surface area contributed by atoms with Gasteiger partial charge in [0.15, 0.2) is 6.61 Å². The number of halogens is 1. The minimum absolute atomic E-state index is 0.393. The second-order valence-corrected chi connectivity index (χ2v) is 8.44. The van der Waals surface area contributed by atoms with E-state index in [-0.39, 0.29) is 0 Å². The number of aryl methyl sites for hydroxylation is 1. The number of nitrogens with zero attached hydrogens (tertiary/aromatic N) is 2. The molecular formula is C19H19ClN2O4S. The molecular weight excluding hydrogens is 388 g/mol. The lowest BCUT2D eigenvalue weighted by Crippen LogP contribution is -2.27. The first-order chi connectivity index (χ1) is 12.6. The quantitative estimate of drug-likeness (QED) is 0.594. The van der Waals surface area contributed by atoms with Gasteiger partial charge in [-0.05, 0) is 52.0 Å². The summed E-state index contributed by atoms with van der Waals surface area (Å²) in [6.07, 6.45) is 0. The van der Waals surface area contributed by atoms with E-state index in [9.17, 15) is 9.59 Å². The highest BCUT2D eigenvalue weighted by Gasteiger charge is 2.21. The van der Waals surface area contributed by atoms with Crippen LogP contribution in [0, 0.1) is 6.92 Å². The average Bonchev–Trinajstić information content (AvgIpc) is 3.12. The van der Waals surface area contributed by atoms with Crippen molar-refractivity contribution < 1.29 is 19.1 Å². The van der Waals surface area contributed by atoms with Crippen molar-refractivity contribution in [1.29, 1.82) is 0 Å². The summed E-state index contributed by atoms with van der Waals surface area (Å²) in [7, 11) is 0. The van der Waals surface area contributed by atoms with Crippen LogP contribution in [0.4, 0.5) is 0 Å². The van der Waals surface area contributed by atoms with E-state index in [1.165, 1.54) is 11.3 Å². The number of carbonyl (C=O) groups is 2. The van der Waals surface area contributed by atoms with Crippen molar-refractivity contribution in [2.24, 2.45) is 0 Å². The van der Waals surface area contributed by atoms with Crippen LogP contribution in [0.3, 0.4) is 0 Å². The van der Waals surface area contributed by atoms with Crippen molar-refractivity contribution in [1.82, 2.24) is 9.78 Å². The third kappa shape index (κ3) is 4.48. The zero-order valence-corrected chi connectivity index (χ0v) is 17.0. The van der Waals surface area contributed by atoms with Crippen LogP contribution in [-0.2, 0) is 14.3 Å². The highest BCUT2D eigenvalue weighted by atomic mass is 35.5. The van der Waals surface area contributed by atoms with Gasteiger partial charge < -0.3 is 9.47 Å². The van der Waals surface area contributed by atoms with Crippen molar-refractivity contribution in [3.8, 4) is 5.69 Å². The topological polar surface area (TPSA) is 70.4 Å². The van der Waals surface area contributed by atoms with Crippen LogP contribution in [-0.4, -0.2) is 33.9 Å². The van der Waals surface area contributed by atoms with Gasteiger partial charge in [0, 0.05) is 10.4 Å². The van der Waals surface area contributed by atoms with Gasteiger partial charge in [-0.3, -0.25) is 0 Å². The Morgan fingerprint density at radius 2 is 2.00 bits per heavy atom. The molecule has 27 heavy (non-hydrogen) atoms. The van der Waals surface area contributed by atoms with Crippen LogP contribution < -0.4 is 0 Å². The fourth-order valence-electron chi connectivity index (χ4n) is 2.50. The summed E-state index contributed by atoms with van der Waals surface area (Å²) in [5.74, 6) is -1.16. The number of hydrogen-bond donors (Lipinski definition) is 0. The number of aromatic nitrogens is 2. The monoisotopic (exact) mass is 406 g/mol. The maximum Gasteiger partial charge on any atom is 0.348 e. The fraction of sp³-hybridized carbons (Fsp3) is 0.316. The second-order valence-electron chi connectivity index (χ2n) is 6.97. The molecule has 0 fully saturated rings. The molecule has 0 saturated carbocycles. The molecule has 2 aromatic heterocycles. The SMILES string of the molecule is Cc1nn(-c2cccc(Cl)c2)c2sc(C(=O)OCC(=O)OC(C)(C)C)cc12. The minimum Gasteiger partial charge on any atom is -0.457 e. The summed E-state index contributed by atoms with van der Waals surface area (Å²) in [5.41, 5.74) is 0.960. The molecule has 6 nitrogen and oxygen atoms in total. The number of carbonyl (C=O) groups excluding carboxylic acids is 2. The predicted molar refractivity (Wildman–Crippen MR) is 105 cm³/mol. The van der Waals surface area contributed by atoms with Crippen molar-refractivity contribution >= 4 is 45.1 Å². The van der Waals surface area contributed by atoms with E-state index >= 15 is 0 Å². The highest BCUT2D eigenvalue weighted by molar-refractivity contribution is 7.20. The lowest BCUT2D eigenvalue weighted by atomic mass is 10.2. The van der Waals surface area contributed by atoms with E-state index < -0.39 is 24.1 Å². The number of rotatable bonds is 4. The van der Waals surface area contributed by atoms with Gasteiger partial charge in [-0.2, -0.15) is 5.10 Å². The molecule has 1 aromatic carbocycles. The van der Waals surface area contributed by atoms with Crippen LogP contribution in [0.5, 0.6) is 0 Å². The molecule has 3 rings (SSSR count). The van der Waals surface area contributed by atoms with Crippen LogP contribution >= 0.6 is 22.9 Å². The van der Waals surface area contributed by atoms with Crippen molar-refractivity contribution in [3.63, 3.8) is 0 Å². The van der Waals surface area contributed by atoms with E-state index in [1.807, 2.05) is 19.1 Å². The first kappa shape index (κ1) is 19.4. The van der Waals surface area contributed by atoms with Gasteiger partial charge >= 0.3 is 11.9 Å². The Morgan fingerprint density at radius 1 is 1.26 bits per heavy atom. The summed E-state index contributed by atoms with van der Waals surface area (Å²) < 4.78 is 12.0. The first-order valence-electron chi connectivity index (χ1n) is 8.28. The summed E-state index contributed by atoms with van der Waals surface area (Å²) >= 11 is 7.32. The number of thiophene rings is 1. The second kappa shape index (κ2) is 7.32. The smallest absolute Gasteiger partial charge is 0.348 e. The van der Waals surface area contributed by atoms with Crippen LogP contribution in [0.25, 0.3) is 15.9 Å².